The normalized spacial score (nSPS) is 13.8. The van der Waals surface area contributed by atoms with Crippen molar-refractivity contribution in [2.24, 2.45) is 0 Å². The Labute approximate surface area is 235 Å². The molecule has 4 nitrogen and oxygen atoms in total. The minimum Gasteiger partial charge on any atom is -0.455 e. The average Bonchev–Trinajstić information content (AvgIpc) is 3.65. The molecule has 4 heteroatoms. The van der Waals surface area contributed by atoms with Crippen molar-refractivity contribution >= 4 is 44.0 Å². The van der Waals surface area contributed by atoms with Crippen molar-refractivity contribution in [2.45, 2.75) is 19.3 Å². The van der Waals surface area contributed by atoms with Crippen LogP contribution in [0.25, 0.3) is 77.8 Å². The summed E-state index contributed by atoms with van der Waals surface area (Å²) in [5.74, 6) is 0.617. The molecule has 3 aromatic heterocycles. The number of para-hydroxylation sites is 2. The molecule has 0 radical (unpaired) electrons. The van der Waals surface area contributed by atoms with E-state index in [1.54, 1.807) is 0 Å². The Morgan fingerprint density at radius 3 is 2.17 bits per heavy atom. The van der Waals surface area contributed by atoms with Crippen LogP contribution in [0.1, 0.15) is 25.0 Å². The third kappa shape index (κ3) is 2.99. The van der Waals surface area contributed by atoms with Crippen LogP contribution in [0.3, 0.4) is 0 Å². The summed E-state index contributed by atoms with van der Waals surface area (Å²) in [7, 11) is 0. The summed E-state index contributed by atoms with van der Waals surface area (Å²) < 4.78 is 13.2. The molecule has 0 saturated heterocycles. The third-order valence-electron chi connectivity index (χ3n) is 8.69. The van der Waals surface area contributed by atoms with Gasteiger partial charge in [-0.05, 0) is 41.0 Å². The van der Waals surface area contributed by atoms with E-state index < -0.39 is 0 Å². The molecule has 0 N–H and O–H groups in total. The Hall–Kier alpha value is -5.22. The first-order chi connectivity index (χ1) is 20.1. The monoisotopic (exact) mass is 528 g/mol. The summed E-state index contributed by atoms with van der Waals surface area (Å²) in [4.78, 5) is 10.2. The van der Waals surface area contributed by atoms with Crippen LogP contribution >= 0.6 is 0 Å². The van der Waals surface area contributed by atoms with E-state index in [0.29, 0.717) is 11.4 Å². The van der Waals surface area contributed by atoms with E-state index in [1.165, 1.54) is 22.3 Å². The summed E-state index contributed by atoms with van der Waals surface area (Å²) in [5.41, 5.74) is 11.6. The lowest BCUT2D eigenvalue weighted by Gasteiger charge is -2.21. The van der Waals surface area contributed by atoms with Crippen molar-refractivity contribution < 1.29 is 8.83 Å². The first-order valence-corrected chi connectivity index (χ1v) is 13.9. The highest BCUT2D eigenvalue weighted by atomic mass is 16.3. The van der Waals surface area contributed by atoms with Crippen molar-refractivity contribution in [3.63, 3.8) is 0 Å². The van der Waals surface area contributed by atoms with Crippen molar-refractivity contribution in [3.05, 3.63) is 120 Å². The van der Waals surface area contributed by atoms with Gasteiger partial charge in [0.25, 0.3) is 0 Å². The van der Waals surface area contributed by atoms with Gasteiger partial charge in [0, 0.05) is 32.7 Å². The number of furan rings is 2. The zero-order valence-corrected chi connectivity index (χ0v) is 22.6. The first-order valence-electron chi connectivity index (χ1n) is 13.9. The number of aromatic nitrogens is 2. The molecule has 0 bridgehead atoms. The number of benzene rings is 5. The maximum atomic E-state index is 6.87. The predicted molar refractivity (Wildman–Crippen MR) is 165 cm³/mol. The summed E-state index contributed by atoms with van der Waals surface area (Å²) in [6, 6.07) is 37.6. The van der Waals surface area contributed by atoms with E-state index in [2.05, 4.69) is 86.6 Å². The fourth-order valence-corrected chi connectivity index (χ4v) is 6.78. The van der Waals surface area contributed by atoms with Gasteiger partial charge in [0.15, 0.2) is 11.4 Å². The van der Waals surface area contributed by atoms with Crippen LogP contribution in [-0.4, -0.2) is 9.97 Å². The van der Waals surface area contributed by atoms with Gasteiger partial charge in [0.1, 0.15) is 28.0 Å². The largest absolute Gasteiger partial charge is 0.455 e. The minimum absolute atomic E-state index is 0.176. The molecule has 0 fully saturated rings. The highest BCUT2D eigenvalue weighted by molar-refractivity contribution is 6.13. The molecule has 3 heterocycles. The van der Waals surface area contributed by atoms with Crippen molar-refractivity contribution in [2.75, 3.05) is 0 Å². The molecule has 0 aliphatic heterocycles. The van der Waals surface area contributed by atoms with E-state index >= 15 is 0 Å². The summed E-state index contributed by atoms with van der Waals surface area (Å²) >= 11 is 0. The quantitative estimate of drug-likeness (QED) is 0.224. The van der Waals surface area contributed by atoms with Crippen LogP contribution in [0.2, 0.25) is 0 Å². The Morgan fingerprint density at radius 1 is 0.537 bits per heavy atom. The van der Waals surface area contributed by atoms with Gasteiger partial charge < -0.3 is 8.83 Å². The van der Waals surface area contributed by atoms with Gasteiger partial charge in [-0.15, -0.1) is 0 Å². The van der Waals surface area contributed by atoms with E-state index in [4.69, 9.17) is 18.8 Å². The maximum Gasteiger partial charge on any atom is 0.180 e. The Morgan fingerprint density at radius 2 is 1.27 bits per heavy atom. The van der Waals surface area contributed by atoms with Crippen LogP contribution in [0.4, 0.5) is 0 Å². The molecule has 0 spiro atoms. The molecule has 41 heavy (non-hydrogen) atoms. The molecule has 9 rings (SSSR count). The summed E-state index contributed by atoms with van der Waals surface area (Å²) in [5, 5.41) is 3.14. The molecule has 8 aromatic rings. The molecule has 5 aromatic carbocycles. The molecule has 0 saturated carbocycles. The van der Waals surface area contributed by atoms with Crippen molar-refractivity contribution in [1.82, 2.24) is 9.97 Å². The van der Waals surface area contributed by atoms with Gasteiger partial charge in [-0.3, -0.25) is 0 Å². The van der Waals surface area contributed by atoms with Crippen LogP contribution in [0.5, 0.6) is 0 Å². The predicted octanol–water partition coefficient (Wildman–Crippen LogP) is 9.92. The van der Waals surface area contributed by atoms with Gasteiger partial charge in [-0.25, -0.2) is 9.97 Å². The highest BCUT2D eigenvalue weighted by Crippen LogP contribution is 2.53. The van der Waals surface area contributed by atoms with Crippen LogP contribution < -0.4 is 0 Å². The summed E-state index contributed by atoms with van der Waals surface area (Å²) in [6.07, 6.45) is 0. The number of nitrogens with zero attached hydrogens (tertiary/aromatic N) is 2. The SMILES string of the molecule is CC1(C)c2ccccc2-c2ccc3c(oc4c(-c5nc(-c6ccccc6)c6oc7ccccc7c6n5)cccc43)c21. The van der Waals surface area contributed by atoms with Gasteiger partial charge in [0.05, 0.1) is 5.56 Å². The van der Waals surface area contributed by atoms with Gasteiger partial charge in [-0.2, -0.15) is 0 Å². The smallest absolute Gasteiger partial charge is 0.180 e. The lowest BCUT2D eigenvalue weighted by atomic mass is 9.82. The number of rotatable bonds is 2. The lowest BCUT2D eigenvalue weighted by molar-refractivity contribution is 0.620. The molecule has 0 unspecified atom stereocenters. The summed E-state index contributed by atoms with van der Waals surface area (Å²) in [6.45, 7) is 4.58. The Bertz CT molecular complexity index is 2340. The van der Waals surface area contributed by atoms with E-state index in [0.717, 1.165) is 55.2 Å². The number of hydrogen-bond donors (Lipinski definition) is 0. The average molecular weight is 529 g/mol. The Kier molecular flexibility index (Phi) is 4.36. The number of hydrogen-bond acceptors (Lipinski definition) is 4. The van der Waals surface area contributed by atoms with Crippen molar-refractivity contribution in [1.29, 1.82) is 0 Å². The van der Waals surface area contributed by atoms with E-state index in [-0.39, 0.29) is 5.41 Å². The van der Waals surface area contributed by atoms with Crippen LogP contribution in [-0.2, 0) is 5.41 Å². The lowest BCUT2D eigenvalue weighted by Crippen LogP contribution is -2.15. The second-order valence-corrected chi connectivity index (χ2v) is 11.4. The van der Waals surface area contributed by atoms with Gasteiger partial charge >= 0.3 is 0 Å². The fraction of sp³-hybridized carbons (Fsp3) is 0.0811. The van der Waals surface area contributed by atoms with Gasteiger partial charge in [0.2, 0.25) is 0 Å². The molecule has 0 atom stereocenters. The molecular weight excluding hydrogens is 504 g/mol. The molecule has 194 valence electrons. The highest BCUT2D eigenvalue weighted by Gasteiger charge is 2.38. The molecule has 1 aliphatic carbocycles. The molecule has 1 aliphatic rings. The zero-order valence-electron chi connectivity index (χ0n) is 22.6. The van der Waals surface area contributed by atoms with E-state index in [9.17, 15) is 0 Å². The maximum absolute atomic E-state index is 6.87. The Balaban J connectivity index is 1.36. The standard InChI is InChI=1S/C37H24N2O2/c1-37(2)28-17-8-6-13-22(28)23-19-20-25-24-15-10-16-27(33(24)41-34(25)30(23)37)36-38-31(21-11-4-3-5-12-21)35-32(39-36)26-14-7-9-18-29(26)40-35/h3-20H,1-2H3. The van der Waals surface area contributed by atoms with Crippen LogP contribution in [0, 0.1) is 0 Å². The van der Waals surface area contributed by atoms with E-state index in [1.807, 2.05) is 36.4 Å². The van der Waals surface area contributed by atoms with Gasteiger partial charge in [-0.1, -0.05) is 98.8 Å². The number of fused-ring (bicyclic) bond motifs is 10. The molecular formula is C37H24N2O2. The first kappa shape index (κ1) is 22.6. The fourth-order valence-electron chi connectivity index (χ4n) is 6.78. The van der Waals surface area contributed by atoms with Crippen molar-refractivity contribution in [3.8, 4) is 33.8 Å². The second kappa shape index (κ2) is 7.92. The zero-order chi connectivity index (χ0) is 27.3. The topological polar surface area (TPSA) is 52.1 Å². The second-order valence-electron chi connectivity index (χ2n) is 11.4. The van der Waals surface area contributed by atoms with Crippen LogP contribution in [0.15, 0.2) is 118 Å². The third-order valence-corrected chi connectivity index (χ3v) is 8.69. The minimum atomic E-state index is -0.176. The molecule has 0 amide bonds.